The van der Waals surface area contributed by atoms with Crippen LogP contribution < -0.4 is 0 Å². The standard InChI is InChI=1S/C29H28O15/c30-17-5-1-15(11-19(17)32)3-8-24(36)42-21-13-29(41,28(39)40)14-22(43-25(37)10-7-23(34)35)27(21)44-26(38)9-4-16-2-6-18(31)20(33)12-16/h1-6,8-9,11-12,21-22,27,30-33,41H,7,10,13-14H2,(H,34,35)(H,39,40)/b8-3+,9-4+/t21-,22-,27-,29+/m1/s1. The van der Waals surface area contributed by atoms with Crippen molar-refractivity contribution in [1.82, 2.24) is 0 Å². The zero-order chi connectivity index (χ0) is 32.6. The van der Waals surface area contributed by atoms with Crippen molar-refractivity contribution in [2.45, 2.75) is 49.6 Å². The van der Waals surface area contributed by atoms with Crippen molar-refractivity contribution in [3.05, 3.63) is 59.7 Å². The Kier molecular flexibility index (Phi) is 10.5. The molecule has 0 aliphatic heterocycles. The summed E-state index contributed by atoms with van der Waals surface area (Å²) in [4.78, 5) is 60.7. The van der Waals surface area contributed by atoms with Crippen LogP contribution in [0.4, 0.5) is 0 Å². The number of phenolic OH excluding ortho intramolecular Hbond substituents is 4. The third-order valence-electron chi connectivity index (χ3n) is 6.38. The minimum atomic E-state index is -2.63. The van der Waals surface area contributed by atoms with E-state index in [2.05, 4.69) is 0 Å². The molecular weight excluding hydrogens is 588 g/mol. The van der Waals surface area contributed by atoms with Crippen LogP contribution in [0.5, 0.6) is 23.0 Å². The first-order chi connectivity index (χ1) is 20.7. The Morgan fingerprint density at radius 3 is 1.64 bits per heavy atom. The lowest BCUT2D eigenvalue weighted by molar-refractivity contribution is -0.212. The summed E-state index contributed by atoms with van der Waals surface area (Å²) in [5.41, 5.74) is -2.12. The zero-order valence-corrected chi connectivity index (χ0v) is 22.7. The zero-order valence-electron chi connectivity index (χ0n) is 22.7. The molecule has 1 aliphatic carbocycles. The molecule has 1 saturated carbocycles. The highest BCUT2D eigenvalue weighted by Crippen LogP contribution is 2.35. The van der Waals surface area contributed by atoms with Gasteiger partial charge in [-0.25, -0.2) is 14.4 Å². The van der Waals surface area contributed by atoms with Gasteiger partial charge in [0, 0.05) is 25.0 Å². The van der Waals surface area contributed by atoms with Gasteiger partial charge < -0.3 is 50.0 Å². The van der Waals surface area contributed by atoms with Crippen molar-refractivity contribution < 1.29 is 73.9 Å². The lowest BCUT2D eigenvalue weighted by atomic mass is 9.79. The number of hydrogen-bond acceptors (Lipinski definition) is 13. The van der Waals surface area contributed by atoms with Gasteiger partial charge in [0.15, 0.2) is 34.7 Å². The van der Waals surface area contributed by atoms with Crippen molar-refractivity contribution in [3.8, 4) is 23.0 Å². The molecule has 2 aromatic carbocycles. The fourth-order valence-corrected chi connectivity index (χ4v) is 4.18. The van der Waals surface area contributed by atoms with E-state index in [0.29, 0.717) is 0 Å². The molecule has 0 spiro atoms. The monoisotopic (exact) mass is 616 g/mol. The molecular formula is C29H28O15. The summed E-state index contributed by atoms with van der Waals surface area (Å²) in [5.74, 6) is -8.23. The van der Waals surface area contributed by atoms with E-state index in [4.69, 9.17) is 19.3 Å². The maximum absolute atomic E-state index is 12.8. The number of aromatic hydroxyl groups is 4. The Hall–Kier alpha value is -5.57. The van der Waals surface area contributed by atoms with E-state index in [9.17, 15) is 54.6 Å². The summed E-state index contributed by atoms with van der Waals surface area (Å²) in [6, 6.07) is 7.26. The summed E-state index contributed by atoms with van der Waals surface area (Å²) >= 11 is 0. The van der Waals surface area contributed by atoms with E-state index in [1.165, 1.54) is 24.3 Å². The summed E-state index contributed by atoms with van der Waals surface area (Å²) < 4.78 is 15.9. The number of ether oxygens (including phenoxy) is 3. The van der Waals surface area contributed by atoms with Crippen LogP contribution in [0.15, 0.2) is 48.6 Å². The van der Waals surface area contributed by atoms with Crippen molar-refractivity contribution in [2.75, 3.05) is 0 Å². The van der Waals surface area contributed by atoms with Gasteiger partial charge in [0.25, 0.3) is 0 Å². The molecule has 0 amide bonds. The quantitative estimate of drug-likeness (QED) is 0.0816. The van der Waals surface area contributed by atoms with Crippen molar-refractivity contribution in [2.24, 2.45) is 0 Å². The van der Waals surface area contributed by atoms with Gasteiger partial charge in [0.05, 0.1) is 12.8 Å². The highest BCUT2D eigenvalue weighted by molar-refractivity contribution is 5.88. The number of carbonyl (C=O) groups excluding carboxylic acids is 3. The number of aliphatic carboxylic acids is 2. The van der Waals surface area contributed by atoms with Gasteiger partial charge in [-0.2, -0.15) is 0 Å². The molecule has 0 aromatic heterocycles. The SMILES string of the molecule is O=C(O)CCC(=O)O[C@@H]1C[C@](O)(C(=O)O)C[C@@H](OC(=O)/C=C/c2ccc(O)c(O)c2)[C@H]1OC(=O)/C=C/c1ccc(O)c(O)c1. The van der Waals surface area contributed by atoms with Crippen LogP contribution in [0.3, 0.4) is 0 Å². The molecule has 4 atom stereocenters. The predicted octanol–water partition coefficient (Wildman–Crippen LogP) is 1.45. The number of benzene rings is 2. The minimum absolute atomic E-state index is 0.251. The number of rotatable bonds is 11. The summed E-state index contributed by atoms with van der Waals surface area (Å²) in [5, 5.41) is 67.5. The van der Waals surface area contributed by atoms with Crippen LogP contribution >= 0.6 is 0 Å². The van der Waals surface area contributed by atoms with Crippen LogP contribution in [0.2, 0.25) is 0 Å². The average Bonchev–Trinajstić information content (AvgIpc) is 2.95. The smallest absolute Gasteiger partial charge is 0.335 e. The second-order valence-electron chi connectivity index (χ2n) is 9.71. The molecule has 3 rings (SSSR count). The Balaban J connectivity index is 1.89. The largest absolute Gasteiger partial charge is 0.504 e. The summed E-state index contributed by atoms with van der Waals surface area (Å²) in [7, 11) is 0. The first-order valence-electron chi connectivity index (χ1n) is 12.9. The number of carboxylic acid groups (broad SMARTS) is 2. The number of carbonyl (C=O) groups is 5. The van der Waals surface area contributed by atoms with Gasteiger partial charge in [-0.1, -0.05) is 12.1 Å². The first-order valence-corrected chi connectivity index (χ1v) is 12.9. The van der Waals surface area contributed by atoms with Crippen LogP contribution in [0.25, 0.3) is 12.2 Å². The molecule has 15 nitrogen and oxygen atoms in total. The number of hydrogen-bond donors (Lipinski definition) is 7. The molecule has 0 radical (unpaired) electrons. The third-order valence-corrected chi connectivity index (χ3v) is 6.38. The van der Waals surface area contributed by atoms with Crippen LogP contribution in [0, 0.1) is 0 Å². The Morgan fingerprint density at radius 2 is 1.18 bits per heavy atom. The molecule has 1 aliphatic rings. The molecule has 7 N–H and O–H groups in total. The van der Waals surface area contributed by atoms with E-state index in [0.717, 1.165) is 36.4 Å². The predicted molar refractivity (Wildman–Crippen MR) is 146 cm³/mol. The molecule has 2 aromatic rings. The molecule has 0 unspecified atom stereocenters. The lowest BCUT2D eigenvalue weighted by Gasteiger charge is -2.42. The van der Waals surface area contributed by atoms with Gasteiger partial charge in [-0.05, 0) is 47.5 Å². The second-order valence-corrected chi connectivity index (χ2v) is 9.71. The normalized spacial score (nSPS) is 21.5. The van der Waals surface area contributed by atoms with E-state index in [-0.39, 0.29) is 11.1 Å². The molecule has 0 saturated heterocycles. The molecule has 1 fully saturated rings. The maximum Gasteiger partial charge on any atom is 0.335 e. The van der Waals surface area contributed by atoms with Gasteiger partial charge in [-0.15, -0.1) is 0 Å². The average molecular weight is 617 g/mol. The Labute approximate surface area is 248 Å². The molecule has 234 valence electrons. The summed E-state index contributed by atoms with van der Waals surface area (Å²) in [6.07, 6.45) is -3.90. The van der Waals surface area contributed by atoms with Crippen LogP contribution in [-0.4, -0.2) is 89.5 Å². The molecule has 44 heavy (non-hydrogen) atoms. The fourth-order valence-electron chi connectivity index (χ4n) is 4.18. The van der Waals surface area contributed by atoms with Crippen LogP contribution in [0.1, 0.15) is 36.8 Å². The number of carboxylic acids is 2. The van der Waals surface area contributed by atoms with E-state index in [1.54, 1.807) is 0 Å². The van der Waals surface area contributed by atoms with Crippen LogP contribution in [-0.2, 0) is 38.2 Å². The number of phenols is 4. The van der Waals surface area contributed by atoms with Gasteiger partial charge >= 0.3 is 29.8 Å². The Bertz CT molecular complexity index is 1490. The van der Waals surface area contributed by atoms with E-state index < -0.39 is 102 Å². The van der Waals surface area contributed by atoms with Gasteiger partial charge in [0.1, 0.15) is 12.2 Å². The maximum atomic E-state index is 12.8. The molecule has 0 heterocycles. The van der Waals surface area contributed by atoms with Gasteiger partial charge in [0.2, 0.25) is 0 Å². The highest BCUT2D eigenvalue weighted by atomic mass is 16.6. The second kappa shape index (κ2) is 14.1. The van der Waals surface area contributed by atoms with Crippen molar-refractivity contribution in [1.29, 1.82) is 0 Å². The minimum Gasteiger partial charge on any atom is -0.504 e. The van der Waals surface area contributed by atoms with Crippen molar-refractivity contribution in [3.63, 3.8) is 0 Å². The third kappa shape index (κ3) is 8.96. The molecule has 0 bridgehead atoms. The first kappa shape index (κ1) is 32.9. The van der Waals surface area contributed by atoms with E-state index in [1.807, 2.05) is 0 Å². The fraction of sp³-hybridized carbons (Fsp3) is 0.276. The van der Waals surface area contributed by atoms with E-state index >= 15 is 0 Å². The van der Waals surface area contributed by atoms with Crippen molar-refractivity contribution >= 4 is 42.0 Å². The Morgan fingerprint density at radius 1 is 0.705 bits per heavy atom. The van der Waals surface area contributed by atoms with Gasteiger partial charge in [-0.3, -0.25) is 9.59 Å². The lowest BCUT2D eigenvalue weighted by Crippen LogP contribution is -2.59. The summed E-state index contributed by atoms with van der Waals surface area (Å²) in [6.45, 7) is 0. The highest BCUT2D eigenvalue weighted by Gasteiger charge is 2.54. The molecule has 15 heteroatoms. The topological polar surface area (TPSA) is 255 Å². The number of aliphatic hydroxyl groups is 1. The number of esters is 3.